The van der Waals surface area contributed by atoms with Crippen molar-refractivity contribution in [1.29, 1.82) is 5.26 Å². The first-order chi connectivity index (χ1) is 14.6. The van der Waals surface area contributed by atoms with Crippen LogP contribution >= 0.6 is 16.1 Å². The average Bonchev–Trinajstić information content (AvgIpc) is 2.91. The molecule has 0 saturated carbocycles. The van der Waals surface area contributed by atoms with E-state index in [2.05, 4.69) is 38.4 Å². The monoisotopic (exact) mass is 476 g/mol. The third kappa shape index (κ3) is 6.60. The molecule has 5 atom stereocenters. The maximum absolute atomic E-state index is 12.6. The number of nitrogens with zero attached hydrogens (tertiary/aromatic N) is 2. The van der Waals surface area contributed by atoms with Gasteiger partial charge in [0.05, 0.1) is 31.8 Å². The van der Waals surface area contributed by atoms with Gasteiger partial charge < -0.3 is 27.6 Å². The first-order valence-electron chi connectivity index (χ1n) is 10.6. The third-order valence-electron chi connectivity index (χ3n) is 5.24. The standard InChI is InChI=1S/C19H35BN2O7P2/c1-14(2)22(15(3)4)30(27-10-7-9-21)29-18-16-12-17(20)28-19(18,13-26-16)8-11-31(23,24-5)25-6/h8,11,14-18H,7,10,12-13,20H2,1-6H3/b11-8+/t16-,17+,18-,19-,30?/m0/s1. The molecule has 2 aliphatic rings. The lowest BCUT2D eigenvalue weighted by Crippen LogP contribution is -2.53. The van der Waals surface area contributed by atoms with Gasteiger partial charge in [-0.2, -0.15) is 5.26 Å². The molecule has 2 aliphatic heterocycles. The predicted octanol–water partition coefficient (Wildman–Crippen LogP) is 3.16. The highest BCUT2D eigenvalue weighted by Crippen LogP contribution is 2.54. The Morgan fingerprint density at radius 3 is 2.52 bits per heavy atom. The second-order valence-electron chi connectivity index (χ2n) is 8.26. The lowest BCUT2D eigenvalue weighted by Gasteiger charge is -2.44. The van der Waals surface area contributed by atoms with Crippen LogP contribution in [0.5, 0.6) is 0 Å². The molecule has 2 saturated heterocycles. The smallest absolute Gasteiger partial charge is 0.353 e. The van der Waals surface area contributed by atoms with Gasteiger partial charge in [0.25, 0.3) is 8.53 Å². The molecule has 0 radical (unpaired) electrons. The van der Waals surface area contributed by atoms with Crippen LogP contribution in [0.3, 0.4) is 0 Å². The molecule has 0 amide bonds. The first kappa shape index (κ1) is 26.9. The second-order valence-corrected chi connectivity index (χ2v) is 11.8. The van der Waals surface area contributed by atoms with Crippen molar-refractivity contribution >= 4 is 24.0 Å². The molecule has 1 unspecified atom stereocenters. The molecule has 0 aromatic rings. The van der Waals surface area contributed by atoms with Gasteiger partial charge in [-0.15, -0.1) is 0 Å². The van der Waals surface area contributed by atoms with E-state index in [1.165, 1.54) is 20.0 Å². The SMILES string of the molecule is B[C@H]1C[C@@H]2OC[C@](/C=C/P(=O)(OC)OC)(O1)[C@H]2OP(OCCC#N)N(C(C)C)C(C)C. The normalized spacial score (nSPS) is 29.9. The summed E-state index contributed by atoms with van der Waals surface area (Å²) in [6.45, 7) is 8.88. The van der Waals surface area contributed by atoms with Crippen molar-refractivity contribution in [3.05, 3.63) is 11.9 Å². The third-order valence-corrected chi connectivity index (χ3v) is 8.89. The molecule has 0 spiro atoms. The summed E-state index contributed by atoms with van der Waals surface area (Å²) in [6.07, 6.45) is 2.00. The number of rotatable bonds is 12. The summed E-state index contributed by atoms with van der Waals surface area (Å²) in [5.74, 6) is 1.41. The Bertz CT molecular complexity index is 689. The molecular formula is C19H35BN2O7P2. The van der Waals surface area contributed by atoms with Gasteiger partial charge in [-0.05, 0) is 40.2 Å². The van der Waals surface area contributed by atoms with Crippen LogP contribution in [-0.4, -0.2) is 75.8 Å². The Labute approximate surface area is 188 Å². The minimum atomic E-state index is -3.38. The van der Waals surface area contributed by atoms with Crippen LogP contribution < -0.4 is 0 Å². The first-order valence-corrected chi connectivity index (χ1v) is 13.3. The van der Waals surface area contributed by atoms with E-state index < -0.39 is 27.8 Å². The van der Waals surface area contributed by atoms with E-state index in [1.807, 2.05) is 7.85 Å². The Balaban J connectivity index is 2.35. The van der Waals surface area contributed by atoms with Crippen LogP contribution in [0.15, 0.2) is 11.9 Å². The van der Waals surface area contributed by atoms with Crippen LogP contribution in [0.1, 0.15) is 40.5 Å². The van der Waals surface area contributed by atoms with Crippen LogP contribution in [-0.2, 0) is 32.1 Å². The van der Waals surface area contributed by atoms with E-state index in [9.17, 15) is 4.57 Å². The molecule has 0 aromatic carbocycles. The van der Waals surface area contributed by atoms with Gasteiger partial charge in [-0.3, -0.25) is 4.57 Å². The molecule has 176 valence electrons. The summed E-state index contributed by atoms with van der Waals surface area (Å²) in [4.78, 5) is 0. The van der Waals surface area contributed by atoms with Crippen LogP contribution in [0.2, 0.25) is 0 Å². The molecule has 2 bridgehead atoms. The highest BCUT2D eigenvalue weighted by molar-refractivity contribution is 7.57. The van der Waals surface area contributed by atoms with Crippen LogP contribution in [0, 0.1) is 11.3 Å². The maximum atomic E-state index is 12.6. The lowest BCUT2D eigenvalue weighted by atomic mass is 9.83. The fraction of sp³-hybridized carbons (Fsp3) is 0.842. The molecule has 12 heteroatoms. The zero-order valence-corrected chi connectivity index (χ0v) is 21.3. The van der Waals surface area contributed by atoms with Gasteiger partial charge in [0.1, 0.15) is 19.6 Å². The minimum Gasteiger partial charge on any atom is -0.372 e. The maximum Gasteiger partial charge on any atom is 0.353 e. The number of hydrogen-bond acceptors (Lipinski definition) is 9. The van der Waals surface area contributed by atoms with Crippen LogP contribution in [0.25, 0.3) is 0 Å². The molecule has 9 nitrogen and oxygen atoms in total. The molecule has 2 heterocycles. The zero-order chi connectivity index (χ0) is 23.2. The van der Waals surface area contributed by atoms with Gasteiger partial charge in [-0.25, -0.2) is 4.67 Å². The van der Waals surface area contributed by atoms with E-state index in [4.69, 9.17) is 32.8 Å². The summed E-state index contributed by atoms with van der Waals surface area (Å²) in [6, 6.07) is 2.39. The molecule has 2 fully saturated rings. The van der Waals surface area contributed by atoms with Crippen LogP contribution in [0.4, 0.5) is 0 Å². The lowest BCUT2D eigenvalue weighted by molar-refractivity contribution is -0.111. The average molecular weight is 476 g/mol. The molecular weight excluding hydrogens is 441 g/mol. The molecule has 2 rings (SSSR count). The second kappa shape index (κ2) is 11.7. The Kier molecular flexibility index (Phi) is 10.2. The van der Waals surface area contributed by atoms with Gasteiger partial charge in [0.2, 0.25) is 0 Å². The highest BCUT2D eigenvalue weighted by atomic mass is 31.2. The van der Waals surface area contributed by atoms with Crippen molar-refractivity contribution in [3.63, 3.8) is 0 Å². The van der Waals surface area contributed by atoms with Crippen molar-refractivity contribution in [2.24, 2.45) is 0 Å². The number of ether oxygens (including phenoxy) is 2. The number of hydrogen-bond donors (Lipinski definition) is 0. The van der Waals surface area contributed by atoms with Gasteiger partial charge in [0.15, 0.2) is 0 Å². The largest absolute Gasteiger partial charge is 0.372 e. The molecule has 0 aliphatic carbocycles. The van der Waals surface area contributed by atoms with E-state index >= 15 is 0 Å². The molecule has 0 N–H and O–H groups in total. The fourth-order valence-corrected chi connectivity index (χ4v) is 6.55. The van der Waals surface area contributed by atoms with Gasteiger partial charge in [0, 0.05) is 38.1 Å². The van der Waals surface area contributed by atoms with E-state index in [-0.39, 0.29) is 43.8 Å². The fourth-order valence-electron chi connectivity index (χ4n) is 3.91. The summed E-state index contributed by atoms with van der Waals surface area (Å²) >= 11 is 0. The molecule has 0 aromatic heterocycles. The van der Waals surface area contributed by atoms with Crippen molar-refractivity contribution in [3.8, 4) is 6.07 Å². The highest BCUT2D eigenvalue weighted by Gasteiger charge is 2.56. The number of nitriles is 1. The quantitative estimate of drug-likeness (QED) is 0.239. The number of fused-ring (bicyclic) bond motifs is 2. The van der Waals surface area contributed by atoms with E-state index in [0.29, 0.717) is 6.42 Å². The minimum absolute atomic E-state index is 0.0569. The molecule has 31 heavy (non-hydrogen) atoms. The van der Waals surface area contributed by atoms with Crippen molar-refractivity contribution in [2.75, 3.05) is 27.4 Å². The van der Waals surface area contributed by atoms with E-state index in [0.717, 1.165) is 0 Å². The summed E-state index contributed by atoms with van der Waals surface area (Å²) < 4.78 is 49.8. The zero-order valence-electron chi connectivity index (χ0n) is 19.5. The Hall–Kier alpha value is -0.325. The van der Waals surface area contributed by atoms with Gasteiger partial charge >= 0.3 is 7.60 Å². The van der Waals surface area contributed by atoms with Gasteiger partial charge in [-0.1, -0.05) is 0 Å². The van der Waals surface area contributed by atoms with Crippen molar-refractivity contribution in [2.45, 2.75) is 76.4 Å². The van der Waals surface area contributed by atoms with Crippen molar-refractivity contribution in [1.82, 2.24) is 4.67 Å². The Morgan fingerprint density at radius 1 is 1.32 bits per heavy atom. The topological polar surface area (TPSA) is 99.5 Å². The Morgan fingerprint density at radius 2 is 1.97 bits per heavy atom. The van der Waals surface area contributed by atoms with Crippen molar-refractivity contribution < 1.29 is 32.1 Å². The predicted molar refractivity (Wildman–Crippen MR) is 121 cm³/mol. The summed E-state index contributed by atoms with van der Waals surface area (Å²) in [7, 11) is -0.213. The summed E-state index contributed by atoms with van der Waals surface area (Å²) in [5, 5.41) is 8.94. The van der Waals surface area contributed by atoms with E-state index in [1.54, 1.807) is 6.08 Å². The summed E-state index contributed by atoms with van der Waals surface area (Å²) in [5.41, 5.74) is -0.937.